The lowest BCUT2D eigenvalue weighted by Gasteiger charge is -2.13. The van der Waals surface area contributed by atoms with Crippen molar-refractivity contribution in [2.75, 3.05) is 27.2 Å². The fourth-order valence-electron chi connectivity index (χ4n) is 1.64. The number of nitrogens with zero attached hydrogens (tertiary/aromatic N) is 2. The molecule has 0 unspecified atom stereocenters. The second-order valence-electron chi connectivity index (χ2n) is 4.75. The molecule has 0 fully saturated rings. The molecule has 0 aliphatic heterocycles. The van der Waals surface area contributed by atoms with Gasteiger partial charge in [0.2, 0.25) is 5.91 Å². The first-order valence-electron chi connectivity index (χ1n) is 7.00. The SMILES string of the molecule is CCNC(=NCc1ccccc1F)NCCC(=O)N(C)C. The van der Waals surface area contributed by atoms with Crippen molar-refractivity contribution in [3.05, 3.63) is 35.6 Å². The van der Waals surface area contributed by atoms with E-state index in [-0.39, 0.29) is 18.3 Å². The van der Waals surface area contributed by atoms with E-state index in [4.69, 9.17) is 0 Å². The van der Waals surface area contributed by atoms with Gasteiger partial charge in [0.1, 0.15) is 5.82 Å². The van der Waals surface area contributed by atoms with Gasteiger partial charge < -0.3 is 15.5 Å². The number of nitrogens with one attached hydrogen (secondary N) is 2. The molecule has 0 spiro atoms. The average Bonchev–Trinajstić information content (AvgIpc) is 2.45. The molecule has 1 aromatic carbocycles. The Morgan fingerprint density at radius 3 is 2.62 bits per heavy atom. The van der Waals surface area contributed by atoms with Gasteiger partial charge >= 0.3 is 0 Å². The van der Waals surface area contributed by atoms with E-state index in [2.05, 4.69) is 15.6 Å². The predicted molar refractivity (Wildman–Crippen MR) is 82.5 cm³/mol. The van der Waals surface area contributed by atoms with Crippen LogP contribution in [0, 0.1) is 5.82 Å². The minimum Gasteiger partial charge on any atom is -0.357 e. The maximum atomic E-state index is 13.5. The van der Waals surface area contributed by atoms with Crippen LogP contribution in [-0.2, 0) is 11.3 Å². The van der Waals surface area contributed by atoms with Crippen molar-refractivity contribution in [2.24, 2.45) is 4.99 Å². The van der Waals surface area contributed by atoms with E-state index < -0.39 is 0 Å². The highest BCUT2D eigenvalue weighted by molar-refractivity contribution is 5.81. The summed E-state index contributed by atoms with van der Waals surface area (Å²) in [5.74, 6) is 0.361. The molecule has 5 nitrogen and oxygen atoms in total. The summed E-state index contributed by atoms with van der Waals surface area (Å²) >= 11 is 0. The summed E-state index contributed by atoms with van der Waals surface area (Å²) in [4.78, 5) is 17.3. The van der Waals surface area contributed by atoms with E-state index in [1.807, 2.05) is 6.92 Å². The van der Waals surface area contributed by atoms with Crippen molar-refractivity contribution in [1.82, 2.24) is 15.5 Å². The number of aliphatic imine (C=N–C) groups is 1. The number of benzene rings is 1. The molecule has 0 aliphatic carbocycles. The van der Waals surface area contributed by atoms with Gasteiger partial charge in [0.05, 0.1) is 6.54 Å². The molecule has 1 amide bonds. The summed E-state index contributed by atoms with van der Waals surface area (Å²) in [6.07, 6.45) is 0.386. The Balaban J connectivity index is 2.54. The van der Waals surface area contributed by atoms with Gasteiger partial charge in [0.25, 0.3) is 0 Å². The molecule has 0 aromatic heterocycles. The van der Waals surface area contributed by atoms with Crippen LogP contribution in [0.2, 0.25) is 0 Å². The standard InChI is InChI=1S/C15H23FN4O/c1-4-17-15(18-10-9-14(21)20(2)3)19-11-12-7-5-6-8-13(12)16/h5-8H,4,9-11H2,1-3H3,(H2,17,18,19). The van der Waals surface area contributed by atoms with Gasteiger partial charge in [0.15, 0.2) is 5.96 Å². The summed E-state index contributed by atoms with van der Waals surface area (Å²) < 4.78 is 13.5. The fourth-order valence-corrected chi connectivity index (χ4v) is 1.64. The Hall–Kier alpha value is -2.11. The van der Waals surface area contributed by atoms with E-state index in [0.29, 0.717) is 31.0 Å². The molecule has 0 bridgehead atoms. The number of rotatable bonds is 6. The molecule has 0 radical (unpaired) electrons. The van der Waals surface area contributed by atoms with Gasteiger partial charge in [0, 0.05) is 39.2 Å². The number of hydrogen-bond acceptors (Lipinski definition) is 2. The number of carbonyl (C=O) groups excluding carboxylic acids is 1. The fraction of sp³-hybridized carbons (Fsp3) is 0.467. The Morgan fingerprint density at radius 1 is 1.29 bits per heavy atom. The molecule has 116 valence electrons. The second-order valence-corrected chi connectivity index (χ2v) is 4.75. The Bertz CT molecular complexity index is 488. The van der Waals surface area contributed by atoms with E-state index >= 15 is 0 Å². The molecule has 0 saturated carbocycles. The van der Waals surface area contributed by atoms with Crippen molar-refractivity contribution >= 4 is 11.9 Å². The number of hydrogen-bond donors (Lipinski definition) is 2. The molecule has 1 aromatic rings. The minimum atomic E-state index is -0.264. The van der Waals surface area contributed by atoms with Crippen LogP contribution in [0.5, 0.6) is 0 Å². The number of guanidine groups is 1. The summed E-state index contributed by atoms with van der Waals surface area (Å²) in [6, 6.07) is 6.56. The van der Waals surface area contributed by atoms with Gasteiger partial charge in [-0.25, -0.2) is 9.38 Å². The van der Waals surface area contributed by atoms with Crippen LogP contribution >= 0.6 is 0 Å². The van der Waals surface area contributed by atoms with Gasteiger partial charge in [-0.3, -0.25) is 4.79 Å². The lowest BCUT2D eigenvalue weighted by atomic mass is 10.2. The van der Waals surface area contributed by atoms with E-state index in [0.717, 1.165) is 0 Å². The number of halogens is 1. The molecule has 21 heavy (non-hydrogen) atoms. The van der Waals surface area contributed by atoms with E-state index in [1.165, 1.54) is 6.07 Å². The van der Waals surface area contributed by atoms with Crippen molar-refractivity contribution in [3.8, 4) is 0 Å². The van der Waals surface area contributed by atoms with Crippen LogP contribution in [0.4, 0.5) is 4.39 Å². The van der Waals surface area contributed by atoms with Crippen LogP contribution in [0.15, 0.2) is 29.3 Å². The van der Waals surface area contributed by atoms with Crippen LogP contribution < -0.4 is 10.6 Å². The maximum Gasteiger partial charge on any atom is 0.223 e. The highest BCUT2D eigenvalue weighted by atomic mass is 19.1. The zero-order chi connectivity index (χ0) is 15.7. The summed E-state index contributed by atoms with van der Waals surface area (Å²) in [5.41, 5.74) is 0.541. The maximum absolute atomic E-state index is 13.5. The molecule has 6 heteroatoms. The van der Waals surface area contributed by atoms with E-state index in [9.17, 15) is 9.18 Å². The number of amides is 1. The van der Waals surface area contributed by atoms with Crippen molar-refractivity contribution < 1.29 is 9.18 Å². The lowest BCUT2D eigenvalue weighted by Crippen LogP contribution is -2.39. The first-order valence-corrected chi connectivity index (χ1v) is 7.00. The van der Waals surface area contributed by atoms with E-state index in [1.54, 1.807) is 37.2 Å². The Morgan fingerprint density at radius 2 is 2.00 bits per heavy atom. The molecular weight excluding hydrogens is 271 g/mol. The molecular formula is C15H23FN4O. The molecule has 0 atom stereocenters. The third kappa shape index (κ3) is 6.25. The van der Waals surface area contributed by atoms with Crippen LogP contribution in [0.1, 0.15) is 18.9 Å². The Kier molecular flexibility index (Phi) is 7.21. The summed E-state index contributed by atoms with van der Waals surface area (Å²) in [5, 5.41) is 6.13. The molecule has 1 rings (SSSR count). The zero-order valence-electron chi connectivity index (χ0n) is 12.8. The third-order valence-corrected chi connectivity index (χ3v) is 2.84. The highest BCUT2D eigenvalue weighted by Crippen LogP contribution is 2.07. The Labute approximate surface area is 125 Å². The van der Waals surface area contributed by atoms with Crippen molar-refractivity contribution in [2.45, 2.75) is 19.9 Å². The van der Waals surface area contributed by atoms with Gasteiger partial charge in [-0.2, -0.15) is 0 Å². The molecule has 0 heterocycles. The average molecular weight is 294 g/mol. The van der Waals surface area contributed by atoms with Gasteiger partial charge in [-0.15, -0.1) is 0 Å². The topological polar surface area (TPSA) is 56.7 Å². The largest absolute Gasteiger partial charge is 0.357 e. The van der Waals surface area contributed by atoms with Gasteiger partial charge in [-0.05, 0) is 13.0 Å². The van der Waals surface area contributed by atoms with Crippen molar-refractivity contribution in [1.29, 1.82) is 0 Å². The molecule has 0 aliphatic rings. The molecule has 0 saturated heterocycles. The first-order chi connectivity index (χ1) is 10.0. The van der Waals surface area contributed by atoms with Gasteiger partial charge in [-0.1, -0.05) is 18.2 Å². The minimum absolute atomic E-state index is 0.0486. The second kappa shape index (κ2) is 8.94. The summed E-state index contributed by atoms with van der Waals surface area (Å²) in [6.45, 7) is 3.39. The van der Waals surface area contributed by atoms with Crippen molar-refractivity contribution in [3.63, 3.8) is 0 Å². The summed E-state index contributed by atoms with van der Waals surface area (Å²) in [7, 11) is 3.44. The van der Waals surface area contributed by atoms with Crippen LogP contribution in [0.3, 0.4) is 0 Å². The smallest absolute Gasteiger partial charge is 0.223 e. The zero-order valence-corrected chi connectivity index (χ0v) is 12.8. The van der Waals surface area contributed by atoms with Crippen LogP contribution in [0.25, 0.3) is 0 Å². The molecule has 2 N–H and O–H groups in total. The predicted octanol–water partition coefficient (Wildman–Crippen LogP) is 1.36. The number of carbonyl (C=O) groups is 1. The monoisotopic (exact) mass is 294 g/mol. The first kappa shape index (κ1) is 16.9. The quantitative estimate of drug-likeness (QED) is 0.615. The van der Waals surface area contributed by atoms with Crippen LogP contribution in [-0.4, -0.2) is 44.0 Å². The highest BCUT2D eigenvalue weighted by Gasteiger charge is 2.05. The lowest BCUT2D eigenvalue weighted by molar-refractivity contribution is -0.128. The third-order valence-electron chi connectivity index (χ3n) is 2.84. The normalized spacial score (nSPS) is 11.1.